The molecule has 2 aromatic heterocycles. The summed E-state index contributed by atoms with van der Waals surface area (Å²) in [6.07, 6.45) is 6.50. The van der Waals surface area contributed by atoms with E-state index in [2.05, 4.69) is 19.9 Å². The van der Waals surface area contributed by atoms with E-state index in [1.165, 1.54) is 12.1 Å². The number of carbonyl (C=O) groups is 1. The number of rotatable bonds is 3. The van der Waals surface area contributed by atoms with E-state index in [1.807, 2.05) is 17.2 Å². The predicted molar refractivity (Wildman–Crippen MR) is 109 cm³/mol. The smallest absolute Gasteiger partial charge is 0.254 e. The number of aromatic amines is 1. The van der Waals surface area contributed by atoms with Gasteiger partial charge in [-0.25, -0.2) is 18.4 Å². The summed E-state index contributed by atoms with van der Waals surface area (Å²) < 4.78 is 23.3. The standard InChI is InChI=1S/C20H21N5O3S/c1-29(27,28)16-6-2-13(3-7-16)20(26)25-14-4-5-15(25)11-24(10-14)19-17-8-9-21-18(17)22-12-23-19/h2-3,6-9,12,14-15H,4-5,10-11H2,1H3,(H,21,22,23)/t14-,15-/m1/s1. The zero-order chi connectivity index (χ0) is 20.2. The van der Waals surface area contributed by atoms with E-state index in [0.717, 1.165) is 49.0 Å². The largest absolute Gasteiger partial charge is 0.352 e. The van der Waals surface area contributed by atoms with Crippen LogP contribution in [0.15, 0.2) is 47.8 Å². The van der Waals surface area contributed by atoms with Crippen molar-refractivity contribution in [2.75, 3.05) is 24.2 Å². The average molecular weight is 411 g/mol. The highest BCUT2D eigenvalue weighted by atomic mass is 32.2. The molecule has 2 bridgehead atoms. The highest BCUT2D eigenvalue weighted by molar-refractivity contribution is 7.90. The minimum absolute atomic E-state index is 0.0355. The molecule has 2 saturated heterocycles. The van der Waals surface area contributed by atoms with Crippen molar-refractivity contribution < 1.29 is 13.2 Å². The summed E-state index contributed by atoms with van der Waals surface area (Å²) in [6.45, 7) is 1.45. The zero-order valence-electron chi connectivity index (χ0n) is 15.9. The van der Waals surface area contributed by atoms with Gasteiger partial charge in [-0.1, -0.05) is 0 Å². The van der Waals surface area contributed by atoms with Gasteiger partial charge in [-0.3, -0.25) is 4.79 Å². The van der Waals surface area contributed by atoms with E-state index in [4.69, 9.17) is 0 Å². The molecule has 5 rings (SSSR count). The molecule has 8 nitrogen and oxygen atoms in total. The summed E-state index contributed by atoms with van der Waals surface area (Å²) in [5.41, 5.74) is 1.34. The summed E-state index contributed by atoms with van der Waals surface area (Å²) in [7, 11) is -3.28. The fraction of sp³-hybridized carbons (Fsp3) is 0.350. The van der Waals surface area contributed by atoms with Crippen molar-refractivity contribution in [3.63, 3.8) is 0 Å². The van der Waals surface area contributed by atoms with Crippen molar-refractivity contribution in [1.82, 2.24) is 19.9 Å². The van der Waals surface area contributed by atoms with Crippen LogP contribution in [0.3, 0.4) is 0 Å². The lowest BCUT2D eigenvalue weighted by Gasteiger charge is -2.41. The third-order valence-corrected chi connectivity index (χ3v) is 7.01. The molecule has 1 N–H and O–H groups in total. The second kappa shape index (κ2) is 6.55. The number of aromatic nitrogens is 3. The number of anilines is 1. The Morgan fingerprint density at radius 2 is 1.76 bits per heavy atom. The number of benzene rings is 1. The molecule has 3 aromatic rings. The number of fused-ring (bicyclic) bond motifs is 3. The molecule has 9 heteroatoms. The minimum Gasteiger partial charge on any atom is -0.352 e. The van der Waals surface area contributed by atoms with Crippen LogP contribution in [0.1, 0.15) is 23.2 Å². The number of nitrogens with one attached hydrogen (secondary N) is 1. The highest BCUT2D eigenvalue weighted by Gasteiger charge is 2.43. The SMILES string of the molecule is CS(=O)(=O)c1ccc(C(=O)N2[C@@H]3CC[C@@H]2CN(c2ncnc4[nH]ccc24)C3)cc1. The summed E-state index contributed by atoms with van der Waals surface area (Å²) in [4.78, 5) is 29.5. The van der Waals surface area contributed by atoms with Crippen LogP contribution in [0.4, 0.5) is 5.82 Å². The van der Waals surface area contributed by atoms with E-state index in [9.17, 15) is 13.2 Å². The molecule has 0 radical (unpaired) electrons. The van der Waals surface area contributed by atoms with Crippen LogP contribution >= 0.6 is 0 Å². The topological polar surface area (TPSA) is 99.3 Å². The molecule has 0 aliphatic carbocycles. The van der Waals surface area contributed by atoms with E-state index < -0.39 is 9.84 Å². The molecule has 0 spiro atoms. The molecule has 2 fully saturated rings. The lowest BCUT2D eigenvalue weighted by molar-refractivity contribution is 0.0641. The van der Waals surface area contributed by atoms with Crippen molar-refractivity contribution in [3.05, 3.63) is 48.4 Å². The van der Waals surface area contributed by atoms with Crippen LogP contribution in [-0.4, -0.2) is 65.6 Å². The van der Waals surface area contributed by atoms with Crippen LogP contribution in [0.25, 0.3) is 11.0 Å². The average Bonchev–Trinajstić information content (AvgIpc) is 3.28. The first-order valence-corrected chi connectivity index (χ1v) is 11.5. The van der Waals surface area contributed by atoms with Crippen LogP contribution in [0.5, 0.6) is 0 Å². The number of hydrogen-bond donors (Lipinski definition) is 1. The van der Waals surface area contributed by atoms with Gasteiger partial charge in [0.05, 0.1) is 22.4 Å². The lowest BCUT2D eigenvalue weighted by atomic mass is 10.1. The summed E-state index contributed by atoms with van der Waals surface area (Å²) >= 11 is 0. The maximum absolute atomic E-state index is 13.2. The Kier molecular flexibility index (Phi) is 4.09. The van der Waals surface area contributed by atoms with Crippen molar-refractivity contribution in [2.24, 2.45) is 0 Å². The van der Waals surface area contributed by atoms with Crippen LogP contribution in [0, 0.1) is 0 Å². The van der Waals surface area contributed by atoms with E-state index >= 15 is 0 Å². The van der Waals surface area contributed by atoms with Crippen molar-refractivity contribution >= 4 is 32.6 Å². The zero-order valence-corrected chi connectivity index (χ0v) is 16.8. The first kappa shape index (κ1) is 18.1. The first-order valence-electron chi connectivity index (χ1n) is 9.57. The molecule has 1 aromatic carbocycles. The Morgan fingerprint density at radius 3 is 2.41 bits per heavy atom. The fourth-order valence-corrected chi connectivity index (χ4v) is 5.14. The van der Waals surface area contributed by atoms with Gasteiger partial charge in [-0.15, -0.1) is 0 Å². The third kappa shape index (κ3) is 3.05. The van der Waals surface area contributed by atoms with Crippen LogP contribution in [-0.2, 0) is 9.84 Å². The fourth-order valence-electron chi connectivity index (χ4n) is 4.51. The molecule has 4 heterocycles. The van der Waals surface area contributed by atoms with Gasteiger partial charge in [0.15, 0.2) is 9.84 Å². The maximum atomic E-state index is 13.2. The summed E-state index contributed by atoms with van der Waals surface area (Å²) in [5.74, 6) is 0.865. The molecule has 0 saturated carbocycles. The third-order valence-electron chi connectivity index (χ3n) is 5.88. The number of amides is 1. The lowest BCUT2D eigenvalue weighted by Crippen LogP contribution is -2.56. The van der Waals surface area contributed by atoms with Gasteiger partial charge in [0.2, 0.25) is 0 Å². The minimum atomic E-state index is -3.28. The quantitative estimate of drug-likeness (QED) is 0.706. The van der Waals surface area contributed by atoms with E-state index in [0.29, 0.717) is 5.56 Å². The number of piperazine rings is 1. The number of hydrogen-bond acceptors (Lipinski definition) is 6. The van der Waals surface area contributed by atoms with Gasteiger partial charge >= 0.3 is 0 Å². The maximum Gasteiger partial charge on any atom is 0.254 e. The molecule has 1 amide bonds. The Bertz CT molecular complexity index is 1170. The highest BCUT2D eigenvalue weighted by Crippen LogP contribution is 2.35. The first-order chi connectivity index (χ1) is 13.9. The van der Waals surface area contributed by atoms with Crippen LogP contribution < -0.4 is 4.90 Å². The molecular weight excluding hydrogens is 390 g/mol. The van der Waals surface area contributed by atoms with Crippen molar-refractivity contribution in [1.29, 1.82) is 0 Å². The Labute approximate surface area is 168 Å². The Morgan fingerprint density at radius 1 is 1.07 bits per heavy atom. The van der Waals surface area contributed by atoms with Crippen molar-refractivity contribution in [3.8, 4) is 0 Å². The molecular formula is C20H21N5O3S. The summed E-state index contributed by atoms with van der Waals surface area (Å²) in [5, 5.41) is 0.989. The molecule has 2 atom stereocenters. The molecule has 2 aliphatic rings. The van der Waals surface area contributed by atoms with Gasteiger partial charge in [-0.2, -0.15) is 0 Å². The predicted octanol–water partition coefficient (Wildman–Crippen LogP) is 1.85. The molecule has 29 heavy (non-hydrogen) atoms. The number of carbonyl (C=O) groups excluding carboxylic acids is 1. The summed E-state index contributed by atoms with van der Waals surface area (Å²) in [6, 6.07) is 8.43. The van der Waals surface area contributed by atoms with Gasteiger partial charge in [-0.05, 0) is 43.2 Å². The number of nitrogens with zero attached hydrogens (tertiary/aromatic N) is 4. The van der Waals surface area contributed by atoms with E-state index in [1.54, 1.807) is 18.5 Å². The Hall–Kier alpha value is -2.94. The second-order valence-electron chi connectivity index (χ2n) is 7.74. The monoisotopic (exact) mass is 411 g/mol. The van der Waals surface area contributed by atoms with Gasteiger partial charge in [0.1, 0.15) is 17.8 Å². The van der Waals surface area contributed by atoms with E-state index in [-0.39, 0.29) is 22.9 Å². The number of sulfone groups is 1. The Balaban J connectivity index is 1.39. The van der Waals surface area contributed by atoms with Gasteiger partial charge < -0.3 is 14.8 Å². The number of H-pyrrole nitrogens is 1. The van der Waals surface area contributed by atoms with Crippen LogP contribution in [0.2, 0.25) is 0 Å². The normalized spacial score (nSPS) is 21.7. The van der Waals surface area contributed by atoms with Gasteiger partial charge in [0.25, 0.3) is 5.91 Å². The molecule has 0 unspecified atom stereocenters. The molecule has 150 valence electrons. The van der Waals surface area contributed by atoms with Crippen molar-refractivity contribution in [2.45, 2.75) is 29.8 Å². The van der Waals surface area contributed by atoms with Gasteiger partial charge in [0, 0.05) is 31.1 Å². The molecule has 2 aliphatic heterocycles. The second-order valence-corrected chi connectivity index (χ2v) is 9.75.